The van der Waals surface area contributed by atoms with E-state index in [1.165, 1.54) is 0 Å². The summed E-state index contributed by atoms with van der Waals surface area (Å²) in [7, 11) is 0. The Morgan fingerprint density at radius 2 is 1.95 bits per heavy atom. The highest BCUT2D eigenvalue weighted by molar-refractivity contribution is 5.85. The molecular formula is C16H25N3O. The van der Waals surface area contributed by atoms with E-state index in [0.717, 1.165) is 38.2 Å². The van der Waals surface area contributed by atoms with Crippen LogP contribution in [0.3, 0.4) is 0 Å². The van der Waals surface area contributed by atoms with Crippen LogP contribution in [0.15, 0.2) is 30.3 Å². The molecule has 20 heavy (non-hydrogen) atoms. The molecule has 1 aromatic carbocycles. The van der Waals surface area contributed by atoms with E-state index in [0.29, 0.717) is 0 Å². The molecule has 0 aliphatic carbocycles. The Morgan fingerprint density at radius 1 is 1.35 bits per heavy atom. The molecule has 1 aromatic rings. The molecule has 1 fully saturated rings. The highest BCUT2D eigenvalue weighted by Crippen LogP contribution is 2.18. The predicted octanol–water partition coefficient (Wildman–Crippen LogP) is 1.85. The summed E-state index contributed by atoms with van der Waals surface area (Å²) in [5.74, 6) is 0.211. The molecule has 1 saturated heterocycles. The summed E-state index contributed by atoms with van der Waals surface area (Å²) in [5, 5.41) is 0. The van der Waals surface area contributed by atoms with E-state index in [9.17, 15) is 4.79 Å². The van der Waals surface area contributed by atoms with Gasteiger partial charge in [0.05, 0.1) is 0 Å². The number of anilines is 1. The van der Waals surface area contributed by atoms with Crippen molar-refractivity contribution in [1.82, 2.24) is 4.90 Å². The normalized spacial score (nSPS) is 17.9. The van der Waals surface area contributed by atoms with Gasteiger partial charge in [-0.2, -0.15) is 0 Å². The second-order valence-electron chi connectivity index (χ2n) is 5.46. The summed E-state index contributed by atoms with van der Waals surface area (Å²) in [6.07, 6.45) is 1.83. The van der Waals surface area contributed by atoms with Crippen molar-refractivity contribution in [2.75, 3.05) is 24.5 Å². The van der Waals surface area contributed by atoms with Crippen molar-refractivity contribution in [3.8, 4) is 0 Å². The minimum atomic E-state index is -0.128. The van der Waals surface area contributed by atoms with Crippen LogP contribution in [-0.2, 0) is 4.79 Å². The number of para-hydroxylation sites is 1. The molecule has 1 heterocycles. The predicted molar refractivity (Wildman–Crippen MR) is 82.7 cm³/mol. The largest absolute Gasteiger partial charge is 0.360 e. The van der Waals surface area contributed by atoms with Crippen LogP contribution in [0.2, 0.25) is 0 Å². The Morgan fingerprint density at radius 3 is 2.50 bits per heavy atom. The number of carbonyl (C=O) groups is 1. The summed E-state index contributed by atoms with van der Waals surface area (Å²) in [4.78, 5) is 16.7. The number of nitrogens with zero attached hydrogens (tertiary/aromatic N) is 2. The molecule has 1 atom stereocenters. The maximum atomic E-state index is 12.6. The van der Waals surface area contributed by atoms with Crippen molar-refractivity contribution >= 4 is 11.6 Å². The molecule has 4 heteroatoms. The van der Waals surface area contributed by atoms with E-state index in [2.05, 4.69) is 24.0 Å². The number of hydrogen-bond donors (Lipinski definition) is 1. The fourth-order valence-electron chi connectivity index (χ4n) is 2.82. The van der Waals surface area contributed by atoms with Crippen molar-refractivity contribution in [3.63, 3.8) is 0 Å². The van der Waals surface area contributed by atoms with Crippen molar-refractivity contribution in [1.29, 1.82) is 0 Å². The molecular weight excluding hydrogens is 250 g/mol. The Balaban J connectivity index is 2.05. The van der Waals surface area contributed by atoms with Gasteiger partial charge in [-0.05, 0) is 38.8 Å². The van der Waals surface area contributed by atoms with Crippen LogP contribution in [0.25, 0.3) is 0 Å². The second-order valence-corrected chi connectivity index (χ2v) is 5.46. The molecule has 2 rings (SSSR count). The second kappa shape index (κ2) is 6.75. The quantitative estimate of drug-likeness (QED) is 0.912. The van der Waals surface area contributed by atoms with E-state index in [4.69, 9.17) is 5.73 Å². The Hall–Kier alpha value is -1.55. The Bertz CT molecular complexity index is 427. The smallest absolute Gasteiger partial charge is 0.244 e. The SMILES string of the molecule is CCN(c1ccccc1)C(C)C(=O)N1CCC(N)CC1. The van der Waals surface area contributed by atoms with Gasteiger partial charge in [0.1, 0.15) is 6.04 Å². The third-order valence-electron chi connectivity index (χ3n) is 4.10. The average molecular weight is 275 g/mol. The minimum absolute atomic E-state index is 0.128. The Labute approximate surface area is 121 Å². The maximum absolute atomic E-state index is 12.6. The van der Waals surface area contributed by atoms with Crippen LogP contribution in [0.5, 0.6) is 0 Å². The van der Waals surface area contributed by atoms with E-state index >= 15 is 0 Å². The van der Waals surface area contributed by atoms with E-state index in [1.54, 1.807) is 0 Å². The first-order chi connectivity index (χ1) is 9.63. The van der Waals surface area contributed by atoms with E-state index in [-0.39, 0.29) is 18.0 Å². The standard InChI is InChI=1S/C16H25N3O/c1-3-19(15-7-5-4-6-8-15)13(2)16(20)18-11-9-14(17)10-12-18/h4-8,13-14H,3,9-12,17H2,1-2H3. The molecule has 2 N–H and O–H groups in total. The zero-order valence-electron chi connectivity index (χ0n) is 12.5. The third kappa shape index (κ3) is 3.31. The number of rotatable bonds is 4. The number of amides is 1. The number of likely N-dealkylation sites (tertiary alicyclic amines) is 1. The fraction of sp³-hybridized carbons (Fsp3) is 0.562. The van der Waals surface area contributed by atoms with Crippen LogP contribution in [0.1, 0.15) is 26.7 Å². The first-order valence-corrected chi connectivity index (χ1v) is 7.49. The van der Waals surface area contributed by atoms with Crippen LogP contribution in [0.4, 0.5) is 5.69 Å². The lowest BCUT2D eigenvalue weighted by atomic mass is 10.0. The zero-order valence-corrected chi connectivity index (χ0v) is 12.5. The van der Waals surface area contributed by atoms with E-state index < -0.39 is 0 Å². The van der Waals surface area contributed by atoms with Crippen molar-refractivity contribution in [2.45, 2.75) is 38.8 Å². The number of carbonyl (C=O) groups excluding carboxylic acids is 1. The summed E-state index contributed by atoms with van der Waals surface area (Å²) in [6.45, 7) is 6.48. The van der Waals surface area contributed by atoms with Crippen LogP contribution in [-0.4, -0.2) is 42.5 Å². The van der Waals surface area contributed by atoms with Crippen molar-refractivity contribution in [3.05, 3.63) is 30.3 Å². The number of hydrogen-bond acceptors (Lipinski definition) is 3. The molecule has 1 amide bonds. The molecule has 0 spiro atoms. The Kier molecular flexibility index (Phi) is 5.01. The molecule has 0 aromatic heterocycles. The van der Waals surface area contributed by atoms with Gasteiger partial charge in [-0.15, -0.1) is 0 Å². The van der Waals surface area contributed by atoms with E-state index in [1.807, 2.05) is 30.0 Å². The molecule has 110 valence electrons. The third-order valence-corrected chi connectivity index (χ3v) is 4.10. The highest BCUT2D eigenvalue weighted by atomic mass is 16.2. The van der Waals surface area contributed by atoms with Crippen molar-refractivity contribution in [2.24, 2.45) is 5.73 Å². The molecule has 4 nitrogen and oxygen atoms in total. The monoisotopic (exact) mass is 275 g/mol. The highest BCUT2D eigenvalue weighted by Gasteiger charge is 2.27. The maximum Gasteiger partial charge on any atom is 0.244 e. The van der Waals surface area contributed by atoms with Gasteiger partial charge in [0.15, 0.2) is 0 Å². The summed E-state index contributed by atoms with van der Waals surface area (Å²) < 4.78 is 0. The summed E-state index contributed by atoms with van der Waals surface area (Å²) >= 11 is 0. The number of piperidine rings is 1. The van der Waals surface area contributed by atoms with Crippen LogP contribution < -0.4 is 10.6 Å². The van der Waals surface area contributed by atoms with Crippen LogP contribution >= 0.6 is 0 Å². The van der Waals surface area contributed by atoms with Gasteiger partial charge in [0.25, 0.3) is 0 Å². The van der Waals surface area contributed by atoms with Gasteiger partial charge < -0.3 is 15.5 Å². The van der Waals surface area contributed by atoms with Crippen LogP contribution in [0, 0.1) is 0 Å². The molecule has 0 radical (unpaired) electrons. The van der Waals surface area contributed by atoms with Gasteiger partial charge in [-0.3, -0.25) is 4.79 Å². The molecule has 1 unspecified atom stereocenters. The lowest BCUT2D eigenvalue weighted by molar-refractivity contribution is -0.133. The molecule has 1 aliphatic rings. The lowest BCUT2D eigenvalue weighted by Crippen LogP contribution is -2.51. The topological polar surface area (TPSA) is 49.6 Å². The summed E-state index contributed by atoms with van der Waals surface area (Å²) in [6, 6.07) is 10.3. The number of likely N-dealkylation sites (N-methyl/N-ethyl adjacent to an activating group) is 1. The van der Waals surface area contributed by atoms with Gasteiger partial charge >= 0.3 is 0 Å². The number of benzene rings is 1. The summed E-state index contributed by atoms with van der Waals surface area (Å²) in [5.41, 5.74) is 7.00. The van der Waals surface area contributed by atoms with Crippen molar-refractivity contribution < 1.29 is 4.79 Å². The number of nitrogens with two attached hydrogens (primary N) is 1. The zero-order chi connectivity index (χ0) is 14.5. The molecule has 0 saturated carbocycles. The lowest BCUT2D eigenvalue weighted by Gasteiger charge is -2.36. The molecule has 0 bridgehead atoms. The van der Waals surface area contributed by atoms with Gasteiger partial charge in [-0.25, -0.2) is 0 Å². The van der Waals surface area contributed by atoms with Gasteiger partial charge in [0, 0.05) is 31.4 Å². The average Bonchev–Trinajstić information content (AvgIpc) is 2.49. The minimum Gasteiger partial charge on any atom is -0.360 e. The molecule has 1 aliphatic heterocycles. The van der Waals surface area contributed by atoms with Gasteiger partial charge in [0.2, 0.25) is 5.91 Å². The van der Waals surface area contributed by atoms with Gasteiger partial charge in [-0.1, -0.05) is 18.2 Å². The first-order valence-electron chi connectivity index (χ1n) is 7.49. The first kappa shape index (κ1) is 14.9. The fourth-order valence-corrected chi connectivity index (χ4v) is 2.82.